The van der Waals surface area contributed by atoms with E-state index in [-0.39, 0.29) is 5.91 Å². The summed E-state index contributed by atoms with van der Waals surface area (Å²) in [5.41, 5.74) is 7.99. The average Bonchev–Trinajstić information content (AvgIpc) is 2.87. The zero-order chi connectivity index (χ0) is 16.6. The normalized spacial score (nSPS) is 17.0. The highest BCUT2D eigenvalue weighted by Crippen LogP contribution is 2.33. The second-order valence-electron chi connectivity index (χ2n) is 5.67. The molecule has 1 unspecified atom stereocenters. The summed E-state index contributed by atoms with van der Waals surface area (Å²) < 4.78 is 0. The number of thiazole rings is 1. The zero-order valence-corrected chi connectivity index (χ0v) is 14.0. The van der Waals surface area contributed by atoms with Crippen LogP contribution >= 0.6 is 11.3 Å². The molecule has 1 aliphatic rings. The van der Waals surface area contributed by atoms with Gasteiger partial charge in [-0.05, 0) is 30.9 Å². The number of aryl methyl sites for hydroxylation is 2. The zero-order valence-electron chi connectivity index (χ0n) is 13.2. The van der Waals surface area contributed by atoms with E-state index in [1.165, 1.54) is 21.8 Å². The van der Waals surface area contributed by atoms with Gasteiger partial charge in [-0.1, -0.05) is 31.2 Å². The summed E-state index contributed by atoms with van der Waals surface area (Å²) in [5, 5.41) is 0.832. The monoisotopic (exact) mass is 329 g/mol. The maximum atomic E-state index is 12.7. The van der Waals surface area contributed by atoms with Crippen molar-refractivity contribution in [2.45, 2.75) is 32.7 Å². The van der Waals surface area contributed by atoms with E-state index in [2.05, 4.69) is 24.0 Å². The number of aromatic nitrogens is 1. The summed E-state index contributed by atoms with van der Waals surface area (Å²) in [4.78, 5) is 30.9. The van der Waals surface area contributed by atoms with E-state index >= 15 is 0 Å². The van der Waals surface area contributed by atoms with Gasteiger partial charge in [-0.3, -0.25) is 9.59 Å². The molecule has 1 aliphatic heterocycles. The van der Waals surface area contributed by atoms with Crippen molar-refractivity contribution in [3.05, 3.63) is 40.5 Å². The number of nitrogens with two attached hydrogens (primary N) is 1. The van der Waals surface area contributed by atoms with Crippen LogP contribution in [0.1, 0.15) is 34.4 Å². The first kappa shape index (κ1) is 15.7. The Morgan fingerprint density at radius 1 is 1.35 bits per heavy atom. The number of hydrogen-bond acceptors (Lipinski definition) is 4. The molecule has 23 heavy (non-hydrogen) atoms. The van der Waals surface area contributed by atoms with Gasteiger partial charge < -0.3 is 10.6 Å². The van der Waals surface area contributed by atoms with E-state index in [0.717, 1.165) is 21.9 Å². The molecule has 1 atom stereocenters. The third-order valence-electron chi connectivity index (χ3n) is 4.17. The van der Waals surface area contributed by atoms with Gasteiger partial charge in [0, 0.05) is 6.54 Å². The minimum Gasteiger partial charge on any atom is -0.368 e. The van der Waals surface area contributed by atoms with Gasteiger partial charge in [0.25, 0.3) is 5.91 Å². The van der Waals surface area contributed by atoms with Crippen LogP contribution in [-0.2, 0) is 11.2 Å². The Labute approximate surface area is 139 Å². The fourth-order valence-electron chi connectivity index (χ4n) is 2.72. The van der Waals surface area contributed by atoms with Crippen LogP contribution in [0, 0.1) is 6.92 Å². The van der Waals surface area contributed by atoms with Gasteiger partial charge in [-0.25, -0.2) is 4.98 Å². The van der Waals surface area contributed by atoms with Crippen molar-refractivity contribution in [2.75, 3.05) is 6.54 Å². The number of rotatable bonds is 4. The molecule has 2 amide bonds. The molecule has 5 nitrogen and oxygen atoms in total. The number of likely N-dealkylation sites (tertiary alicyclic amines) is 1. The molecule has 1 fully saturated rings. The van der Waals surface area contributed by atoms with Crippen molar-refractivity contribution in [2.24, 2.45) is 5.73 Å². The molecule has 1 saturated heterocycles. The maximum Gasteiger partial charge on any atom is 0.274 e. The molecule has 2 aromatic rings. The molecule has 120 valence electrons. The van der Waals surface area contributed by atoms with E-state index in [9.17, 15) is 9.59 Å². The van der Waals surface area contributed by atoms with E-state index < -0.39 is 11.9 Å². The Bertz CT molecular complexity index is 752. The quantitative estimate of drug-likeness (QED) is 0.935. The van der Waals surface area contributed by atoms with Crippen molar-refractivity contribution in [3.8, 4) is 10.4 Å². The molecular formula is C17H19N3O2S. The van der Waals surface area contributed by atoms with Crippen LogP contribution in [0.5, 0.6) is 0 Å². The first-order valence-corrected chi connectivity index (χ1v) is 8.50. The average molecular weight is 329 g/mol. The van der Waals surface area contributed by atoms with Gasteiger partial charge in [0.15, 0.2) is 0 Å². The summed E-state index contributed by atoms with van der Waals surface area (Å²) in [6.45, 7) is 4.54. The van der Waals surface area contributed by atoms with Crippen LogP contribution in [-0.4, -0.2) is 34.3 Å². The lowest BCUT2D eigenvalue weighted by molar-refractivity contribution is -0.125. The van der Waals surface area contributed by atoms with Crippen LogP contribution in [0.3, 0.4) is 0 Å². The van der Waals surface area contributed by atoms with Gasteiger partial charge in [0.1, 0.15) is 11.7 Å². The van der Waals surface area contributed by atoms with Gasteiger partial charge >= 0.3 is 0 Å². The largest absolute Gasteiger partial charge is 0.368 e. The van der Waals surface area contributed by atoms with Crippen LogP contribution in [0.25, 0.3) is 10.4 Å². The van der Waals surface area contributed by atoms with Gasteiger partial charge in [-0.2, -0.15) is 0 Å². The second kappa shape index (κ2) is 6.12. The Hall–Kier alpha value is -2.21. The summed E-state index contributed by atoms with van der Waals surface area (Å²) >= 11 is 1.50. The highest BCUT2D eigenvalue weighted by atomic mass is 32.1. The number of carbonyl (C=O) groups is 2. The molecule has 3 rings (SSSR count). The number of hydrogen-bond donors (Lipinski definition) is 1. The summed E-state index contributed by atoms with van der Waals surface area (Å²) in [6.07, 6.45) is 1.60. The number of benzene rings is 1. The summed E-state index contributed by atoms with van der Waals surface area (Å²) in [5.74, 6) is -0.663. The minimum atomic E-state index is -0.500. The van der Waals surface area contributed by atoms with Crippen LogP contribution in [0.15, 0.2) is 24.3 Å². The molecule has 0 spiro atoms. The molecular weight excluding hydrogens is 310 g/mol. The molecule has 0 bridgehead atoms. The number of primary amides is 1. The molecule has 2 heterocycles. The Kier molecular flexibility index (Phi) is 4.17. The van der Waals surface area contributed by atoms with Crippen LogP contribution in [0.2, 0.25) is 0 Å². The molecule has 6 heteroatoms. The lowest BCUT2D eigenvalue weighted by Gasteiger charge is -2.38. The van der Waals surface area contributed by atoms with E-state index in [4.69, 9.17) is 5.73 Å². The van der Waals surface area contributed by atoms with Gasteiger partial charge in [0.2, 0.25) is 5.91 Å². The smallest absolute Gasteiger partial charge is 0.274 e. The number of nitrogens with zero attached hydrogens (tertiary/aromatic N) is 2. The van der Waals surface area contributed by atoms with Crippen molar-refractivity contribution in [1.29, 1.82) is 0 Å². The second-order valence-corrected chi connectivity index (χ2v) is 6.87. The predicted molar refractivity (Wildman–Crippen MR) is 90.3 cm³/mol. The fraction of sp³-hybridized carbons (Fsp3) is 0.353. The van der Waals surface area contributed by atoms with Gasteiger partial charge in [-0.15, -0.1) is 11.3 Å². The molecule has 0 radical (unpaired) electrons. The third-order valence-corrected chi connectivity index (χ3v) is 5.19. The SMILES string of the molecule is CCc1ccc(-c2sc(C)nc2C(=O)N2CCC2C(N)=O)cc1. The van der Waals surface area contributed by atoms with Gasteiger partial charge in [0.05, 0.1) is 9.88 Å². The van der Waals surface area contributed by atoms with Crippen molar-refractivity contribution >= 4 is 23.2 Å². The van der Waals surface area contributed by atoms with E-state index in [0.29, 0.717) is 18.7 Å². The highest BCUT2D eigenvalue weighted by molar-refractivity contribution is 7.15. The third kappa shape index (κ3) is 2.86. The molecule has 2 N–H and O–H groups in total. The summed E-state index contributed by atoms with van der Waals surface area (Å²) in [7, 11) is 0. The molecule has 0 saturated carbocycles. The van der Waals surface area contributed by atoms with Crippen molar-refractivity contribution < 1.29 is 9.59 Å². The number of amides is 2. The Morgan fingerprint density at radius 2 is 2.04 bits per heavy atom. The van der Waals surface area contributed by atoms with Crippen molar-refractivity contribution in [3.63, 3.8) is 0 Å². The molecule has 1 aromatic carbocycles. The number of carbonyl (C=O) groups excluding carboxylic acids is 2. The maximum absolute atomic E-state index is 12.7. The van der Waals surface area contributed by atoms with E-state index in [1.54, 1.807) is 0 Å². The lowest BCUT2D eigenvalue weighted by atomic mass is 10.0. The summed E-state index contributed by atoms with van der Waals surface area (Å²) in [6, 6.07) is 7.66. The molecule has 1 aromatic heterocycles. The lowest BCUT2D eigenvalue weighted by Crippen LogP contribution is -2.57. The van der Waals surface area contributed by atoms with Crippen LogP contribution in [0.4, 0.5) is 0 Å². The molecule has 0 aliphatic carbocycles. The Balaban J connectivity index is 1.94. The Morgan fingerprint density at radius 3 is 2.57 bits per heavy atom. The van der Waals surface area contributed by atoms with Crippen molar-refractivity contribution in [1.82, 2.24) is 9.88 Å². The van der Waals surface area contributed by atoms with E-state index in [1.807, 2.05) is 19.1 Å². The topological polar surface area (TPSA) is 76.3 Å². The minimum absolute atomic E-state index is 0.209. The first-order valence-electron chi connectivity index (χ1n) is 7.68. The standard InChI is InChI=1S/C17H19N3O2S/c1-3-11-4-6-12(7-5-11)15-14(19-10(2)23-15)17(22)20-9-8-13(20)16(18)21/h4-7,13H,3,8-9H2,1-2H3,(H2,18,21). The highest BCUT2D eigenvalue weighted by Gasteiger charge is 2.38. The fourth-order valence-corrected chi connectivity index (χ4v) is 3.64. The first-order chi connectivity index (χ1) is 11.0. The van der Waals surface area contributed by atoms with Crippen LogP contribution < -0.4 is 5.73 Å². The predicted octanol–water partition coefficient (Wildman–Crippen LogP) is 2.38.